The van der Waals surface area contributed by atoms with Gasteiger partial charge in [-0.15, -0.1) is 0 Å². The largest absolute Gasteiger partial charge is 0.464 e. The number of carbonyl (C=O) groups is 2. The van der Waals surface area contributed by atoms with Crippen LogP contribution < -0.4 is 10.9 Å². The van der Waals surface area contributed by atoms with Crippen molar-refractivity contribution in [3.05, 3.63) is 0 Å². The summed E-state index contributed by atoms with van der Waals surface area (Å²) in [6, 6.07) is 0. The molecule has 0 saturated carbocycles. The number of thioether (sulfide) groups is 1. The summed E-state index contributed by atoms with van der Waals surface area (Å²) in [4.78, 5) is 20.3. The lowest BCUT2D eigenvalue weighted by molar-refractivity contribution is -0.119. The van der Waals surface area contributed by atoms with E-state index in [9.17, 15) is 9.59 Å². The number of hydrazine groups is 1. The first-order chi connectivity index (χ1) is 4.66. The number of amides is 2. The third-order valence-electron chi connectivity index (χ3n) is 0.584. The van der Waals surface area contributed by atoms with Crippen LogP contribution in [0.2, 0.25) is 0 Å². The van der Waals surface area contributed by atoms with Crippen molar-refractivity contribution < 1.29 is 14.7 Å². The zero-order valence-corrected chi connectivity index (χ0v) is 6.20. The minimum Gasteiger partial charge on any atom is -0.464 e. The van der Waals surface area contributed by atoms with Gasteiger partial charge < -0.3 is 5.11 Å². The highest BCUT2D eigenvalue weighted by Crippen LogP contribution is 1.87. The van der Waals surface area contributed by atoms with Crippen molar-refractivity contribution in [2.24, 2.45) is 0 Å². The normalized spacial score (nSPS) is 8.50. The molecule has 3 N–H and O–H groups in total. The molecule has 5 nitrogen and oxygen atoms in total. The van der Waals surface area contributed by atoms with Crippen molar-refractivity contribution in [2.75, 3.05) is 12.0 Å². The van der Waals surface area contributed by atoms with Crippen LogP contribution in [-0.2, 0) is 4.79 Å². The Morgan fingerprint density at radius 3 is 2.50 bits per heavy atom. The molecule has 0 aromatic carbocycles. The minimum absolute atomic E-state index is 0.250. The summed E-state index contributed by atoms with van der Waals surface area (Å²) in [6.45, 7) is 0. The molecular formula is C4H8N2O3S. The Morgan fingerprint density at radius 1 is 1.50 bits per heavy atom. The topological polar surface area (TPSA) is 78.4 Å². The van der Waals surface area contributed by atoms with Gasteiger partial charge in [-0.1, -0.05) is 0 Å². The Morgan fingerprint density at radius 2 is 2.10 bits per heavy atom. The van der Waals surface area contributed by atoms with Gasteiger partial charge in [0.05, 0.1) is 5.75 Å². The second-order valence-electron chi connectivity index (χ2n) is 1.41. The van der Waals surface area contributed by atoms with Crippen LogP contribution in [0.25, 0.3) is 0 Å². The fourth-order valence-corrected chi connectivity index (χ4v) is 0.625. The van der Waals surface area contributed by atoms with Crippen LogP contribution in [0.15, 0.2) is 0 Å². The third kappa shape index (κ3) is 5.23. The van der Waals surface area contributed by atoms with E-state index in [1.54, 1.807) is 11.7 Å². The fourth-order valence-electron chi connectivity index (χ4n) is 0.290. The van der Waals surface area contributed by atoms with Crippen molar-refractivity contribution in [1.82, 2.24) is 10.9 Å². The van der Waals surface area contributed by atoms with E-state index in [1.807, 2.05) is 5.43 Å². The van der Waals surface area contributed by atoms with E-state index in [1.165, 1.54) is 11.8 Å². The highest BCUT2D eigenvalue weighted by atomic mass is 32.2. The summed E-state index contributed by atoms with van der Waals surface area (Å²) in [5.74, 6) is -0.102. The molecule has 10 heavy (non-hydrogen) atoms. The molecule has 0 spiro atoms. The zero-order chi connectivity index (χ0) is 7.98. The molecule has 0 atom stereocenters. The predicted octanol–water partition coefficient (Wildman–Crippen LogP) is -0.352. The summed E-state index contributed by atoms with van der Waals surface area (Å²) in [6.07, 6.45) is 0.481. The highest BCUT2D eigenvalue weighted by molar-refractivity contribution is 7.99. The fraction of sp³-hybridized carbons (Fsp3) is 0.500. The summed E-state index contributed by atoms with van der Waals surface area (Å²) in [5.41, 5.74) is 3.71. The molecule has 2 amide bonds. The average Bonchev–Trinajstić information content (AvgIpc) is 1.85. The van der Waals surface area contributed by atoms with Gasteiger partial charge >= 0.3 is 6.09 Å². The van der Waals surface area contributed by atoms with Gasteiger partial charge in [-0.05, 0) is 6.26 Å². The Balaban J connectivity index is 3.30. The van der Waals surface area contributed by atoms with Crippen molar-refractivity contribution in [3.8, 4) is 0 Å². The highest BCUT2D eigenvalue weighted by Gasteiger charge is 1.99. The predicted molar refractivity (Wildman–Crippen MR) is 37.7 cm³/mol. The van der Waals surface area contributed by atoms with Crippen LogP contribution in [0.1, 0.15) is 0 Å². The molecule has 58 valence electrons. The van der Waals surface area contributed by atoms with Gasteiger partial charge in [0.25, 0.3) is 0 Å². The Labute approximate surface area is 62.1 Å². The maximum atomic E-state index is 10.5. The monoisotopic (exact) mass is 164 g/mol. The van der Waals surface area contributed by atoms with Gasteiger partial charge in [0.2, 0.25) is 5.91 Å². The lowest BCUT2D eigenvalue weighted by Gasteiger charge is -2.00. The SMILES string of the molecule is CSCC(=O)NNC(=O)O. The first kappa shape index (κ1) is 9.09. The third-order valence-corrected chi connectivity index (χ3v) is 1.14. The molecule has 0 aliphatic heterocycles. The maximum absolute atomic E-state index is 10.5. The standard InChI is InChI=1S/C4H8N2O3S/c1-10-2-3(7)5-6-4(8)9/h6H,2H2,1H3,(H,5,7)(H,8,9). The number of nitrogens with one attached hydrogen (secondary N) is 2. The van der Waals surface area contributed by atoms with Crippen molar-refractivity contribution in [1.29, 1.82) is 0 Å². The summed E-state index contributed by atoms with van der Waals surface area (Å²) in [5, 5.41) is 8.00. The molecular weight excluding hydrogens is 156 g/mol. The first-order valence-corrected chi connectivity index (χ1v) is 3.83. The second kappa shape index (κ2) is 4.92. The van der Waals surface area contributed by atoms with Crippen LogP contribution in [0.5, 0.6) is 0 Å². The number of hydrogen-bond acceptors (Lipinski definition) is 3. The molecule has 0 aliphatic rings. The van der Waals surface area contributed by atoms with Crippen LogP contribution in [0.4, 0.5) is 4.79 Å². The second-order valence-corrected chi connectivity index (χ2v) is 2.28. The number of rotatable bonds is 2. The molecule has 6 heteroatoms. The van der Waals surface area contributed by atoms with E-state index in [-0.39, 0.29) is 11.7 Å². The summed E-state index contributed by atoms with van der Waals surface area (Å²) < 4.78 is 0. The molecule has 0 aromatic rings. The van der Waals surface area contributed by atoms with E-state index in [0.29, 0.717) is 0 Å². The molecule has 0 fully saturated rings. The molecule has 0 radical (unpaired) electrons. The van der Waals surface area contributed by atoms with Gasteiger partial charge in [-0.3, -0.25) is 10.2 Å². The van der Waals surface area contributed by atoms with Gasteiger partial charge in [0.15, 0.2) is 0 Å². The number of carbonyl (C=O) groups excluding carboxylic acids is 1. The van der Waals surface area contributed by atoms with Crippen LogP contribution in [-0.4, -0.2) is 29.1 Å². The molecule has 0 rings (SSSR count). The number of hydrogen-bond donors (Lipinski definition) is 3. The Bertz CT molecular complexity index is 138. The van der Waals surface area contributed by atoms with Crippen LogP contribution in [0, 0.1) is 0 Å². The van der Waals surface area contributed by atoms with Crippen LogP contribution >= 0.6 is 11.8 Å². The molecule has 0 aromatic heterocycles. The van der Waals surface area contributed by atoms with Crippen molar-refractivity contribution in [3.63, 3.8) is 0 Å². The van der Waals surface area contributed by atoms with Gasteiger partial charge in [-0.2, -0.15) is 11.8 Å². The maximum Gasteiger partial charge on any atom is 0.423 e. The van der Waals surface area contributed by atoms with Gasteiger partial charge in [0.1, 0.15) is 0 Å². The van der Waals surface area contributed by atoms with Crippen molar-refractivity contribution in [2.45, 2.75) is 0 Å². The lowest BCUT2D eigenvalue weighted by atomic mass is 10.7. The first-order valence-electron chi connectivity index (χ1n) is 2.43. The van der Waals surface area contributed by atoms with Gasteiger partial charge in [-0.25, -0.2) is 10.2 Å². The van der Waals surface area contributed by atoms with Crippen molar-refractivity contribution >= 4 is 23.8 Å². The van der Waals surface area contributed by atoms with E-state index in [2.05, 4.69) is 0 Å². The summed E-state index contributed by atoms with van der Waals surface area (Å²) >= 11 is 1.32. The average molecular weight is 164 g/mol. The molecule has 0 aliphatic carbocycles. The smallest absolute Gasteiger partial charge is 0.423 e. The Kier molecular flexibility index (Phi) is 4.47. The van der Waals surface area contributed by atoms with Gasteiger partial charge in [0, 0.05) is 0 Å². The molecule has 0 bridgehead atoms. The molecule has 0 unspecified atom stereocenters. The zero-order valence-electron chi connectivity index (χ0n) is 5.38. The van der Waals surface area contributed by atoms with E-state index in [4.69, 9.17) is 5.11 Å². The van der Waals surface area contributed by atoms with E-state index in [0.717, 1.165) is 0 Å². The number of carboxylic acid groups (broad SMARTS) is 1. The summed E-state index contributed by atoms with van der Waals surface area (Å²) in [7, 11) is 0. The van der Waals surface area contributed by atoms with E-state index < -0.39 is 6.09 Å². The molecule has 0 saturated heterocycles. The molecule has 0 heterocycles. The lowest BCUT2D eigenvalue weighted by Crippen LogP contribution is -2.41. The minimum atomic E-state index is -1.27. The quantitative estimate of drug-likeness (QED) is 0.487. The van der Waals surface area contributed by atoms with Crippen LogP contribution in [0.3, 0.4) is 0 Å². The Hall–Kier alpha value is -0.910. The van der Waals surface area contributed by atoms with E-state index >= 15 is 0 Å².